The quantitative estimate of drug-likeness (QED) is 0.287. The van der Waals surface area contributed by atoms with E-state index in [1.165, 1.54) is 23.4 Å². The number of fused-ring (bicyclic) bond motifs is 2. The molecule has 4 heterocycles. The molecule has 4 aromatic rings. The van der Waals surface area contributed by atoms with E-state index in [-0.39, 0.29) is 11.4 Å². The van der Waals surface area contributed by atoms with Crippen LogP contribution in [0.2, 0.25) is 0 Å². The van der Waals surface area contributed by atoms with Crippen molar-refractivity contribution in [2.24, 2.45) is 0 Å². The van der Waals surface area contributed by atoms with Crippen LogP contribution >= 0.6 is 0 Å². The van der Waals surface area contributed by atoms with Gasteiger partial charge in [0.2, 0.25) is 0 Å². The number of rotatable bonds is 9. The summed E-state index contributed by atoms with van der Waals surface area (Å²) in [5.41, 5.74) is 3.08. The monoisotopic (exact) mass is 574 g/mol. The number of nitrogens with zero attached hydrogens (tertiary/aromatic N) is 4. The Kier molecular flexibility index (Phi) is 7.80. The van der Waals surface area contributed by atoms with Crippen molar-refractivity contribution in [3.05, 3.63) is 78.5 Å². The summed E-state index contributed by atoms with van der Waals surface area (Å²) in [5, 5.41) is 3.55. The summed E-state index contributed by atoms with van der Waals surface area (Å²) in [6.45, 7) is 5.34. The molecule has 2 aromatic heterocycles. The van der Waals surface area contributed by atoms with Crippen molar-refractivity contribution < 1.29 is 17.9 Å². The minimum absolute atomic E-state index is 0.0784. The van der Waals surface area contributed by atoms with Crippen molar-refractivity contribution in [3.63, 3.8) is 0 Å². The molecule has 10 nitrogen and oxygen atoms in total. The molecule has 0 atom stereocenters. The van der Waals surface area contributed by atoms with Gasteiger partial charge in [-0.25, -0.2) is 22.5 Å². The lowest BCUT2D eigenvalue weighted by Crippen LogP contribution is -2.47. The molecule has 0 saturated carbocycles. The predicted octanol–water partition coefficient (Wildman–Crippen LogP) is 4.32. The van der Waals surface area contributed by atoms with Gasteiger partial charge in [-0.1, -0.05) is 30.3 Å². The van der Waals surface area contributed by atoms with E-state index in [0.717, 1.165) is 67.6 Å². The maximum atomic E-state index is 13.5. The molecule has 2 N–H and O–H groups in total. The molecular weight excluding hydrogens is 540 g/mol. The Morgan fingerprint density at radius 3 is 2.63 bits per heavy atom. The molecule has 214 valence electrons. The molecule has 2 aliphatic rings. The number of sulfonamides is 1. The third-order valence-electron chi connectivity index (χ3n) is 7.68. The van der Waals surface area contributed by atoms with Crippen LogP contribution in [0.15, 0.2) is 77.8 Å². The Morgan fingerprint density at radius 1 is 1.00 bits per heavy atom. The zero-order valence-electron chi connectivity index (χ0n) is 22.8. The van der Waals surface area contributed by atoms with Crippen LogP contribution in [0.1, 0.15) is 18.4 Å². The first-order valence-corrected chi connectivity index (χ1v) is 15.5. The first-order valence-electron chi connectivity index (χ1n) is 14.0. The number of benzene rings is 2. The van der Waals surface area contributed by atoms with Gasteiger partial charge in [-0.15, -0.1) is 0 Å². The average molecular weight is 575 g/mol. The summed E-state index contributed by atoms with van der Waals surface area (Å²) in [4.78, 5) is 25.5. The molecule has 2 aliphatic heterocycles. The fraction of sp³-hybridized carbons (Fsp3) is 0.333. The number of unbranched alkanes of at least 4 members (excludes halogenated alkanes) is 1. The highest BCUT2D eigenvalue weighted by atomic mass is 32.2. The third kappa shape index (κ3) is 5.86. The maximum absolute atomic E-state index is 13.5. The first kappa shape index (κ1) is 27.1. The number of H-pyrrole nitrogens is 1. The molecule has 41 heavy (non-hydrogen) atoms. The van der Waals surface area contributed by atoms with Gasteiger partial charge in [0.25, 0.3) is 10.0 Å². The second kappa shape index (κ2) is 11.8. The van der Waals surface area contributed by atoms with E-state index in [0.29, 0.717) is 17.9 Å². The van der Waals surface area contributed by atoms with Gasteiger partial charge in [-0.05, 0) is 61.3 Å². The highest BCUT2D eigenvalue weighted by molar-refractivity contribution is 7.89. The van der Waals surface area contributed by atoms with E-state index >= 15 is 0 Å². The summed E-state index contributed by atoms with van der Waals surface area (Å²) in [6.07, 6.45) is 3.94. The van der Waals surface area contributed by atoms with E-state index < -0.39 is 16.1 Å². The number of pyridine rings is 1. The van der Waals surface area contributed by atoms with E-state index in [1.54, 1.807) is 36.5 Å². The molecule has 11 heteroatoms. The average Bonchev–Trinajstić information content (AvgIpc) is 3.64. The topological polar surface area (TPSA) is 111 Å². The number of carbonyl (C=O) groups is 1. The minimum Gasteiger partial charge on any atom is -0.491 e. The van der Waals surface area contributed by atoms with Crippen molar-refractivity contribution in [2.75, 3.05) is 56.1 Å². The molecule has 1 saturated heterocycles. The Morgan fingerprint density at radius 2 is 1.83 bits per heavy atom. The Hall–Kier alpha value is -4.09. The van der Waals surface area contributed by atoms with Crippen LogP contribution in [0.25, 0.3) is 11.0 Å². The van der Waals surface area contributed by atoms with Crippen LogP contribution in [0.3, 0.4) is 0 Å². The van der Waals surface area contributed by atoms with Crippen LogP contribution in [-0.4, -0.2) is 79.5 Å². The Balaban J connectivity index is 1.06. The van der Waals surface area contributed by atoms with Crippen LogP contribution in [0, 0.1) is 0 Å². The van der Waals surface area contributed by atoms with Crippen molar-refractivity contribution in [1.29, 1.82) is 0 Å². The molecule has 6 rings (SSSR count). The van der Waals surface area contributed by atoms with Crippen molar-refractivity contribution in [2.45, 2.75) is 24.2 Å². The summed E-state index contributed by atoms with van der Waals surface area (Å²) < 4.78 is 33.8. The largest absolute Gasteiger partial charge is 0.491 e. The zero-order valence-corrected chi connectivity index (χ0v) is 23.6. The summed E-state index contributed by atoms with van der Waals surface area (Å²) >= 11 is 0. The zero-order chi connectivity index (χ0) is 28.2. The maximum Gasteiger partial charge on any atom is 0.336 e. The second-order valence-corrected chi connectivity index (χ2v) is 12.2. The van der Waals surface area contributed by atoms with Gasteiger partial charge < -0.3 is 14.6 Å². The molecule has 1 fully saturated rings. The number of ether oxygens (including phenoxy) is 1. The third-order valence-corrected chi connectivity index (χ3v) is 9.48. The molecular formula is C30H34N6O4S. The number of para-hydroxylation sites is 1. The molecule has 2 amide bonds. The van der Waals surface area contributed by atoms with E-state index in [1.807, 2.05) is 6.07 Å². The number of aromatic amines is 1. The second-order valence-electron chi connectivity index (χ2n) is 10.3. The fourth-order valence-electron chi connectivity index (χ4n) is 5.50. The Labute approximate surface area is 240 Å². The number of nitrogens with one attached hydrogen (secondary N) is 2. The number of urea groups is 1. The molecule has 0 radical (unpaired) electrons. The van der Waals surface area contributed by atoms with E-state index in [2.05, 4.69) is 43.3 Å². The van der Waals surface area contributed by atoms with Gasteiger partial charge in [0, 0.05) is 50.7 Å². The van der Waals surface area contributed by atoms with E-state index in [4.69, 9.17) is 4.74 Å². The SMILES string of the molecule is O=C(Nc1cc2cccnc2[nH]1)N(CCCCN1CCN(c2cccc3c2OCC3)CC1)S(=O)(=O)c1ccccc1. The molecule has 0 aliphatic carbocycles. The van der Waals surface area contributed by atoms with Gasteiger partial charge in [0.15, 0.2) is 0 Å². The number of amides is 2. The normalized spacial score (nSPS) is 15.5. The van der Waals surface area contributed by atoms with Gasteiger partial charge in [0.05, 0.1) is 17.2 Å². The number of carbonyl (C=O) groups excluding carboxylic acids is 1. The van der Waals surface area contributed by atoms with Crippen LogP contribution in [0.5, 0.6) is 5.75 Å². The highest BCUT2D eigenvalue weighted by Gasteiger charge is 2.30. The van der Waals surface area contributed by atoms with Gasteiger partial charge in [-0.3, -0.25) is 10.2 Å². The predicted molar refractivity (Wildman–Crippen MR) is 159 cm³/mol. The fourth-order valence-corrected chi connectivity index (χ4v) is 6.89. The smallest absolute Gasteiger partial charge is 0.336 e. The minimum atomic E-state index is -4.04. The lowest BCUT2D eigenvalue weighted by Gasteiger charge is -2.36. The Bertz CT molecular complexity index is 1580. The number of hydrogen-bond acceptors (Lipinski definition) is 7. The molecule has 0 unspecified atom stereocenters. The molecule has 2 aromatic carbocycles. The lowest BCUT2D eigenvalue weighted by molar-refractivity contribution is 0.231. The van der Waals surface area contributed by atoms with Crippen molar-refractivity contribution in [3.8, 4) is 5.75 Å². The number of hydrogen-bond donors (Lipinski definition) is 2. The summed E-state index contributed by atoms with van der Waals surface area (Å²) in [6, 6.07) is 19.2. The van der Waals surface area contributed by atoms with Gasteiger partial charge in [0.1, 0.15) is 17.2 Å². The van der Waals surface area contributed by atoms with Crippen LogP contribution in [0.4, 0.5) is 16.3 Å². The lowest BCUT2D eigenvalue weighted by atomic mass is 10.1. The first-order chi connectivity index (χ1) is 20.0. The standard InChI is InChI=1S/C30H34N6O4S/c37-30(33-27-22-24-9-7-14-31-29(24)32-27)36(41(38,39)25-10-2-1-3-11-25)16-5-4-15-34-17-19-35(20-18-34)26-12-6-8-23-13-21-40-28(23)26/h1-3,6-12,14,22H,4-5,13,15-21H2,(H,31,32)(H,33,37). The van der Waals surface area contributed by atoms with Crippen LogP contribution in [-0.2, 0) is 16.4 Å². The molecule has 0 spiro atoms. The number of aromatic nitrogens is 2. The summed E-state index contributed by atoms with van der Waals surface area (Å²) in [7, 11) is -4.04. The number of anilines is 2. The summed E-state index contributed by atoms with van der Waals surface area (Å²) in [5.74, 6) is 1.42. The highest BCUT2D eigenvalue weighted by Crippen LogP contribution is 2.36. The van der Waals surface area contributed by atoms with Crippen molar-refractivity contribution in [1.82, 2.24) is 19.2 Å². The van der Waals surface area contributed by atoms with Gasteiger partial charge in [-0.2, -0.15) is 0 Å². The number of piperazine rings is 1. The van der Waals surface area contributed by atoms with E-state index in [9.17, 15) is 13.2 Å². The van der Waals surface area contributed by atoms with Crippen LogP contribution < -0.4 is 15.0 Å². The van der Waals surface area contributed by atoms with Gasteiger partial charge >= 0.3 is 6.03 Å². The molecule has 0 bridgehead atoms. The van der Waals surface area contributed by atoms with Crippen molar-refractivity contribution >= 4 is 38.6 Å².